The van der Waals surface area contributed by atoms with E-state index in [-0.39, 0.29) is 11.7 Å². The van der Waals surface area contributed by atoms with Crippen molar-refractivity contribution in [1.82, 2.24) is 9.97 Å². The largest absolute Gasteiger partial charge is 0.327 e. The maximum atomic E-state index is 13.9. The van der Waals surface area contributed by atoms with Crippen molar-refractivity contribution in [3.05, 3.63) is 42.0 Å². The molecule has 0 radical (unpaired) electrons. The molecule has 5 nitrogen and oxygen atoms in total. The molecule has 6 heteroatoms. The third-order valence-electron chi connectivity index (χ3n) is 3.11. The maximum absolute atomic E-state index is 13.9. The Balaban J connectivity index is 2.55. The number of nitrogen functional groups attached to an aromatic ring is 1. The number of nitrogens with one attached hydrogen (secondary N) is 1. The summed E-state index contributed by atoms with van der Waals surface area (Å²) in [6.07, 6.45) is 1.41. The van der Waals surface area contributed by atoms with Gasteiger partial charge >= 0.3 is 0 Å². The summed E-state index contributed by atoms with van der Waals surface area (Å²) in [5, 5.41) is 0. The summed E-state index contributed by atoms with van der Waals surface area (Å²) in [5.41, 5.74) is 3.87. The normalized spacial score (nSPS) is 10.7. The van der Waals surface area contributed by atoms with E-state index in [4.69, 9.17) is 5.84 Å². The summed E-state index contributed by atoms with van der Waals surface area (Å²) in [6, 6.07) is 6.57. The lowest BCUT2D eigenvalue weighted by molar-refractivity contribution is 0.627. The van der Waals surface area contributed by atoms with E-state index in [1.807, 2.05) is 13.8 Å². The van der Waals surface area contributed by atoms with Crippen molar-refractivity contribution in [2.45, 2.75) is 19.8 Å². The van der Waals surface area contributed by atoms with Gasteiger partial charge in [-0.05, 0) is 18.1 Å². The molecule has 1 aromatic carbocycles. The van der Waals surface area contributed by atoms with Crippen LogP contribution in [0.2, 0.25) is 0 Å². The van der Waals surface area contributed by atoms with E-state index in [0.29, 0.717) is 17.3 Å². The predicted molar refractivity (Wildman–Crippen MR) is 78.4 cm³/mol. The minimum atomic E-state index is -0.300. The van der Waals surface area contributed by atoms with Crippen molar-refractivity contribution < 1.29 is 4.39 Å². The average molecular weight is 275 g/mol. The van der Waals surface area contributed by atoms with E-state index in [0.717, 1.165) is 5.56 Å². The summed E-state index contributed by atoms with van der Waals surface area (Å²) in [4.78, 5) is 10.1. The molecular formula is C14H18FN5. The van der Waals surface area contributed by atoms with Crippen LogP contribution in [0.3, 0.4) is 0 Å². The summed E-state index contributed by atoms with van der Waals surface area (Å²) in [6.45, 7) is 4.02. The van der Waals surface area contributed by atoms with Crippen LogP contribution >= 0.6 is 0 Å². The number of benzene rings is 1. The quantitative estimate of drug-likeness (QED) is 0.663. The third-order valence-corrected chi connectivity index (χ3v) is 3.11. The number of hydrazine groups is 1. The number of halogens is 1. The lowest BCUT2D eigenvalue weighted by atomic mass is 10.0. The van der Waals surface area contributed by atoms with Crippen LogP contribution in [0.25, 0.3) is 0 Å². The fourth-order valence-electron chi connectivity index (χ4n) is 2.14. The second-order valence-electron chi connectivity index (χ2n) is 4.77. The van der Waals surface area contributed by atoms with Gasteiger partial charge in [0.05, 0.1) is 5.69 Å². The fourth-order valence-corrected chi connectivity index (χ4v) is 2.14. The topological polar surface area (TPSA) is 67.1 Å². The number of anilines is 3. The Morgan fingerprint density at radius 2 is 1.95 bits per heavy atom. The molecule has 1 aromatic heterocycles. The number of aromatic nitrogens is 2. The Bertz CT molecular complexity index is 600. The molecule has 0 aliphatic carbocycles. The zero-order chi connectivity index (χ0) is 14.7. The Hall–Kier alpha value is -2.21. The SMILES string of the molecule is CC(C)c1c(NN)ncnc1N(C)c1ccccc1F. The number of rotatable bonds is 4. The van der Waals surface area contributed by atoms with E-state index < -0.39 is 0 Å². The summed E-state index contributed by atoms with van der Waals surface area (Å²) in [5.74, 6) is 6.52. The van der Waals surface area contributed by atoms with Crippen LogP contribution in [-0.2, 0) is 0 Å². The van der Waals surface area contributed by atoms with Gasteiger partial charge in [0.2, 0.25) is 0 Å². The summed E-state index contributed by atoms with van der Waals surface area (Å²) >= 11 is 0. The first-order valence-electron chi connectivity index (χ1n) is 6.36. The van der Waals surface area contributed by atoms with Crippen molar-refractivity contribution in [2.24, 2.45) is 5.84 Å². The highest BCUT2D eigenvalue weighted by molar-refractivity contribution is 5.67. The van der Waals surface area contributed by atoms with Gasteiger partial charge in [0.25, 0.3) is 0 Å². The molecule has 0 spiro atoms. The standard InChI is InChI=1S/C14H18FN5/c1-9(2)12-13(19-16)17-8-18-14(12)20(3)11-7-5-4-6-10(11)15/h4-9H,16H2,1-3H3,(H,17,18,19). The van der Waals surface area contributed by atoms with Crippen LogP contribution in [0.15, 0.2) is 30.6 Å². The average Bonchev–Trinajstić information content (AvgIpc) is 2.46. The Labute approximate surface area is 117 Å². The molecule has 106 valence electrons. The van der Waals surface area contributed by atoms with Crippen molar-refractivity contribution in [3.63, 3.8) is 0 Å². The predicted octanol–water partition coefficient (Wildman–Crippen LogP) is 2.79. The highest BCUT2D eigenvalue weighted by Crippen LogP contribution is 2.34. The van der Waals surface area contributed by atoms with Crippen LogP contribution in [-0.4, -0.2) is 17.0 Å². The van der Waals surface area contributed by atoms with Gasteiger partial charge in [0.1, 0.15) is 23.8 Å². The van der Waals surface area contributed by atoms with Gasteiger partial charge < -0.3 is 10.3 Å². The lowest BCUT2D eigenvalue weighted by Gasteiger charge is -2.24. The van der Waals surface area contributed by atoms with E-state index in [2.05, 4.69) is 15.4 Å². The van der Waals surface area contributed by atoms with Gasteiger partial charge in [-0.25, -0.2) is 20.2 Å². The van der Waals surface area contributed by atoms with Crippen LogP contribution in [0.4, 0.5) is 21.7 Å². The minimum Gasteiger partial charge on any atom is -0.327 e. The van der Waals surface area contributed by atoms with E-state index >= 15 is 0 Å². The molecule has 3 N–H and O–H groups in total. The molecule has 20 heavy (non-hydrogen) atoms. The van der Waals surface area contributed by atoms with Crippen LogP contribution in [0.5, 0.6) is 0 Å². The van der Waals surface area contributed by atoms with Gasteiger partial charge in [0, 0.05) is 12.6 Å². The Kier molecular flexibility index (Phi) is 4.14. The molecule has 2 aromatic rings. The first-order valence-corrected chi connectivity index (χ1v) is 6.36. The zero-order valence-corrected chi connectivity index (χ0v) is 11.8. The van der Waals surface area contributed by atoms with Crippen LogP contribution in [0.1, 0.15) is 25.3 Å². The molecule has 0 atom stereocenters. The Morgan fingerprint density at radius 1 is 1.25 bits per heavy atom. The van der Waals surface area contributed by atoms with E-state index in [1.165, 1.54) is 12.4 Å². The number of hydrogen-bond acceptors (Lipinski definition) is 5. The second kappa shape index (κ2) is 5.83. The van der Waals surface area contributed by atoms with Gasteiger partial charge in [-0.3, -0.25) is 0 Å². The molecule has 0 aliphatic heterocycles. The van der Waals surface area contributed by atoms with Gasteiger partial charge in [-0.15, -0.1) is 0 Å². The zero-order valence-electron chi connectivity index (χ0n) is 11.8. The Morgan fingerprint density at radius 3 is 2.55 bits per heavy atom. The summed E-state index contributed by atoms with van der Waals surface area (Å²) in [7, 11) is 1.77. The minimum absolute atomic E-state index is 0.145. The molecule has 0 saturated carbocycles. The first kappa shape index (κ1) is 14.2. The molecule has 2 rings (SSSR count). The molecule has 0 saturated heterocycles. The molecular weight excluding hydrogens is 257 g/mol. The fraction of sp³-hybridized carbons (Fsp3) is 0.286. The number of hydrogen-bond donors (Lipinski definition) is 2. The first-order chi connectivity index (χ1) is 9.56. The summed E-state index contributed by atoms with van der Waals surface area (Å²) < 4.78 is 13.9. The number of para-hydroxylation sites is 1. The van der Waals surface area contributed by atoms with Crippen LogP contribution < -0.4 is 16.2 Å². The van der Waals surface area contributed by atoms with Crippen molar-refractivity contribution in [3.8, 4) is 0 Å². The van der Waals surface area contributed by atoms with E-state index in [9.17, 15) is 4.39 Å². The van der Waals surface area contributed by atoms with E-state index in [1.54, 1.807) is 30.1 Å². The lowest BCUT2D eigenvalue weighted by Crippen LogP contribution is -2.19. The molecule has 0 bridgehead atoms. The van der Waals surface area contributed by atoms with Gasteiger partial charge in [0.15, 0.2) is 0 Å². The molecule has 0 fully saturated rings. The monoisotopic (exact) mass is 275 g/mol. The second-order valence-corrected chi connectivity index (χ2v) is 4.77. The van der Waals surface area contributed by atoms with Gasteiger partial charge in [-0.1, -0.05) is 26.0 Å². The highest BCUT2D eigenvalue weighted by atomic mass is 19.1. The molecule has 1 heterocycles. The third kappa shape index (κ3) is 2.55. The number of nitrogens with zero attached hydrogens (tertiary/aromatic N) is 3. The highest BCUT2D eigenvalue weighted by Gasteiger charge is 2.19. The van der Waals surface area contributed by atoms with Gasteiger partial charge in [-0.2, -0.15) is 0 Å². The van der Waals surface area contributed by atoms with Crippen molar-refractivity contribution in [1.29, 1.82) is 0 Å². The number of nitrogens with two attached hydrogens (primary N) is 1. The smallest absolute Gasteiger partial charge is 0.148 e. The molecule has 0 amide bonds. The van der Waals surface area contributed by atoms with Crippen molar-refractivity contribution in [2.75, 3.05) is 17.4 Å². The van der Waals surface area contributed by atoms with Crippen LogP contribution in [0, 0.1) is 5.82 Å². The maximum Gasteiger partial charge on any atom is 0.148 e. The van der Waals surface area contributed by atoms with Crippen molar-refractivity contribution >= 4 is 17.3 Å². The molecule has 0 aliphatic rings. The molecule has 0 unspecified atom stereocenters.